The fourth-order valence-corrected chi connectivity index (χ4v) is 2.13. The third-order valence-corrected chi connectivity index (χ3v) is 2.95. The average molecular weight is 242 g/mol. The van der Waals surface area contributed by atoms with Crippen molar-refractivity contribution in [3.8, 4) is 0 Å². The molecule has 2 N–H and O–H groups in total. The summed E-state index contributed by atoms with van der Waals surface area (Å²) in [6.45, 7) is 6.03. The number of carboxylic acid groups (broad SMARTS) is 1. The first kappa shape index (κ1) is 14.0. The minimum Gasteiger partial charge on any atom is -0.481 e. The maximum atomic E-state index is 11.8. The number of likely N-dealkylation sites (tertiary alicyclic amines) is 1. The second-order valence-electron chi connectivity index (χ2n) is 4.95. The predicted molar refractivity (Wildman–Crippen MR) is 64.7 cm³/mol. The smallest absolute Gasteiger partial charge is 0.304 e. The Morgan fingerprint density at radius 1 is 1.47 bits per heavy atom. The molecule has 1 atom stereocenters. The summed E-state index contributed by atoms with van der Waals surface area (Å²) in [4.78, 5) is 24.4. The fraction of sp³-hybridized carbons (Fsp3) is 0.833. The molecule has 0 aromatic heterocycles. The SMILES string of the molecule is CC(C)NC(=O)C1CCCN(CCC(=O)O)C1. The van der Waals surface area contributed by atoms with Crippen molar-refractivity contribution in [3.63, 3.8) is 0 Å². The van der Waals surface area contributed by atoms with E-state index in [2.05, 4.69) is 10.2 Å². The lowest BCUT2D eigenvalue weighted by Crippen LogP contribution is -2.45. The Morgan fingerprint density at radius 2 is 2.18 bits per heavy atom. The first-order valence-electron chi connectivity index (χ1n) is 6.23. The number of aliphatic carboxylic acids is 1. The van der Waals surface area contributed by atoms with Crippen molar-refractivity contribution in [2.45, 2.75) is 39.2 Å². The van der Waals surface area contributed by atoms with Crippen LogP contribution in [-0.2, 0) is 9.59 Å². The van der Waals surface area contributed by atoms with Crippen LogP contribution >= 0.6 is 0 Å². The highest BCUT2D eigenvalue weighted by Gasteiger charge is 2.25. The zero-order valence-corrected chi connectivity index (χ0v) is 10.6. The van der Waals surface area contributed by atoms with Crippen LogP contribution in [0, 0.1) is 5.92 Å². The lowest BCUT2D eigenvalue weighted by Gasteiger charge is -2.31. The summed E-state index contributed by atoms with van der Waals surface area (Å²) in [5.74, 6) is -0.668. The molecular weight excluding hydrogens is 220 g/mol. The molecule has 17 heavy (non-hydrogen) atoms. The zero-order chi connectivity index (χ0) is 12.8. The molecule has 98 valence electrons. The molecule has 0 aromatic carbocycles. The monoisotopic (exact) mass is 242 g/mol. The Labute approximate surface area is 102 Å². The minimum absolute atomic E-state index is 0.0138. The molecule has 0 aromatic rings. The van der Waals surface area contributed by atoms with E-state index in [0.717, 1.165) is 19.4 Å². The predicted octanol–water partition coefficient (Wildman–Crippen LogP) is 0.698. The summed E-state index contributed by atoms with van der Waals surface area (Å²) in [6, 6.07) is 0.164. The van der Waals surface area contributed by atoms with Crippen LogP contribution in [0.25, 0.3) is 0 Å². The van der Waals surface area contributed by atoms with Gasteiger partial charge in [0.15, 0.2) is 0 Å². The molecule has 0 aliphatic carbocycles. The van der Waals surface area contributed by atoms with E-state index >= 15 is 0 Å². The molecule has 0 saturated carbocycles. The molecule has 1 heterocycles. The lowest BCUT2D eigenvalue weighted by molar-refractivity contribution is -0.137. The highest BCUT2D eigenvalue weighted by molar-refractivity contribution is 5.79. The molecule has 1 unspecified atom stereocenters. The van der Waals surface area contributed by atoms with Crippen LogP contribution in [0.5, 0.6) is 0 Å². The Hall–Kier alpha value is -1.10. The highest BCUT2D eigenvalue weighted by atomic mass is 16.4. The van der Waals surface area contributed by atoms with Crippen LogP contribution in [0.4, 0.5) is 0 Å². The van der Waals surface area contributed by atoms with Crippen LogP contribution in [0.3, 0.4) is 0 Å². The third-order valence-electron chi connectivity index (χ3n) is 2.95. The number of hydrogen-bond acceptors (Lipinski definition) is 3. The van der Waals surface area contributed by atoms with Gasteiger partial charge in [0.25, 0.3) is 0 Å². The van der Waals surface area contributed by atoms with Gasteiger partial charge in [-0.05, 0) is 33.2 Å². The summed E-state index contributed by atoms with van der Waals surface area (Å²) in [5.41, 5.74) is 0. The van der Waals surface area contributed by atoms with Crippen LogP contribution in [0.1, 0.15) is 33.1 Å². The molecule has 5 nitrogen and oxygen atoms in total. The fourth-order valence-electron chi connectivity index (χ4n) is 2.13. The number of nitrogens with one attached hydrogen (secondary N) is 1. The van der Waals surface area contributed by atoms with E-state index < -0.39 is 5.97 Å². The van der Waals surface area contributed by atoms with E-state index in [1.54, 1.807) is 0 Å². The van der Waals surface area contributed by atoms with E-state index in [0.29, 0.717) is 13.1 Å². The maximum absolute atomic E-state index is 11.8. The van der Waals surface area contributed by atoms with Gasteiger partial charge in [-0.25, -0.2) is 0 Å². The number of piperidine rings is 1. The average Bonchev–Trinajstić information content (AvgIpc) is 2.26. The highest BCUT2D eigenvalue weighted by Crippen LogP contribution is 2.16. The second-order valence-corrected chi connectivity index (χ2v) is 4.95. The van der Waals surface area contributed by atoms with Gasteiger partial charge in [-0.1, -0.05) is 0 Å². The Bertz CT molecular complexity index is 279. The molecule has 1 saturated heterocycles. The normalized spacial score (nSPS) is 21.5. The molecule has 5 heteroatoms. The first-order valence-corrected chi connectivity index (χ1v) is 6.23. The van der Waals surface area contributed by atoms with Gasteiger partial charge in [0, 0.05) is 19.1 Å². The summed E-state index contributed by atoms with van der Waals surface area (Å²) in [7, 11) is 0. The number of rotatable bonds is 5. The molecule has 1 aliphatic heterocycles. The van der Waals surface area contributed by atoms with Crippen LogP contribution in [0.2, 0.25) is 0 Å². The maximum Gasteiger partial charge on any atom is 0.304 e. The van der Waals surface area contributed by atoms with Crippen molar-refractivity contribution in [1.29, 1.82) is 0 Å². The number of carbonyl (C=O) groups is 2. The minimum atomic E-state index is -0.779. The van der Waals surface area contributed by atoms with Gasteiger partial charge in [-0.15, -0.1) is 0 Å². The van der Waals surface area contributed by atoms with Crippen molar-refractivity contribution >= 4 is 11.9 Å². The molecule has 1 fully saturated rings. The van der Waals surface area contributed by atoms with Crippen molar-refractivity contribution in [2.75, 3.05) is 19.6 Å². The molecule has 0 spiro atoms. The van der Waals surface area contributed by atoms with Crippen LogP contribution < -0.4 is 5.32 Å². The molecule has 1 rings (SSSR count). The molecule has 0 bridgehead atoms. The number of amides is 1. The van der Waals surface area contributed by atoms with Gasteiger partial charge in [-0.2, -0.15) is 0 Å². The van der Waals surface area contributed by atoms with Gasteiger partial charge >= 0.3 is 5.97 Å². The van der Waals surface area contributed by atoms with Crippen molar-refractivity contribution in [1.82, 2.24) is 10.2 Å². The van der Waals surface area contributed by atoms with Crippen LogP contribution in [-0.4, -0.2) is 47.6 Å². The van der Waals surface area contributed by atoms with E-state index in [4.69, 9.17) is 5.11 Å². The molecule has 0 radical (unpaired) electrons. The quantitative estimate of drug-likeness (QED) is 0.744. The van der Waals surface area contributed by atoms with Crippen molar-refractivity contribution < 1.29 is 14.7 Å². The Balaban J connectivity index is 2.37. The van der Waals surface area contributed by atoms with E-state index in [9.17, 15) is 9.59 Å². The second kappa shape index (κ2) is 6.59. The topological polar surface area (TPSA) is 69.6 Å². The van der Waals surface area contributed by atoms with E-state index in [-0.39, 0.29) is 24.3 Å². The standard InChI is InChI=1S/C12H22N2O3/c1-9(2)13-12(17)10-4-3-6-14(8-10)7-5-11(15)16/h9-10H,3-8H2,1-2H3,(H,13,17)(H,15,16). The molecule has 1 amide bonds. The Kier molecular flexibility index (Phi) is 5.41. The lowest BCUT2D eigenvalue weighted by atomic mass is 9.96. The van der Waals surface area contributed by atoms with Crippen molar-refractivity contribution in [2.24, 2.45) is 5.92 Å². The Morgan fingerprint density at radius 3 is 2.76 bits per heavy atom. The van der Waals surface area contributed by atoms with Gasteiger partial charge in [-0.3, -0.25) is 9.59 Å². The largest absolute Gasteiger partial charge is 0.481 e. The summed E-state index contributed by atoms with van der Waals surface area (Å²) in [5, 5.41) is 11.5. The first-order chi connectivity index (χ1) is 7.99. The number of hydrogen-bond donors (Lipinski definition) is 2. The van der Waals surface area contributed by atoms with E-state index in [1.807, 2.05) is 13.8 Å². The van der Waals surface area contributed by atoms with Gasteiger partial charge < -0.3 is 15.3 Å². The van der Waals surface area contributed by atoms with Crippen LogP contribution in [0.15, 0.2) is 0 Å². The van der Waals surface area contributed by atoms with Gasteiger partial charge in [0.1, 0.15) is 0 Å². The molecular formula is C12H22N2O3. The molecule has 1 aliphatic rings. The summed E-state index contributed by atoms with van der Waals surface area (Å²) < 4.78 is 0. The third kappa shape index (κ3) is 5.17. The van der Waals surface area contributed by atoms with Gasteiger partial charge in [0.05, 0.1) is 12.3 Å². The summed E-state index contributed by atoms with van der Waals surface area (Å²) in [6.07, 6.45) is 2.02. The number of carbonyl (C=O) groups excluding carboxylic acids is 1. The number of nitrogens with zero attached hydrogens (tertiary/aromatic N) is 1. The number of carboxylic acids is 1. The summed E-state index contributed by atoms with van der Waals surface area (Å²) >= 11 is 0. The van der Waals surface area contributed by atoms with Gasteiger partial charge in [0.2, 0.25) is 5.91 Å². The van der Waals surface area contributed by atoms with Crippen molar-refractivity contribution in [3.05, 3.63) is 0 Å². The van der Waals surface area contributed by atoms with E-state index in [1.165, 1.54) is 0 Å². The zero-order valence-electron chi connectivity index (χ0n) is 10.6.